The number of hydrogen-bond donors (Lipinski definition) is 1. The smallest absolute Gasteiger partial charge is 0.324 e. The number of alkyl halides is 3. The van der Waals surface area contributed by atoms with Crippen molar-refractivity contribution >= 4 is 11.6 Å². The van der Waals surface area contributed by atoms with Gasteiger partial charge in [-0.3, -0.25) is 9.69 Å². The van der Waals surface area contributed by atoms with Gasteiger partial charge in [-0.1, -0.05) is 19.1 Å². The lowest BCUT2D eigenvalue weighted by Crippen LogP contribution is -2.45. The first kappa shape index (κ1) is 16.8. The van der Waals surface area contributed by atoms with Crippen molar-refractivity contribution in [3.63, 3.8) is 0 Å². The summed E-state index contributed by atoms with van der Waals surface area (Å²) in [4.78, 5) is 14.3. The van der Waals surface area contributed by atoms with Crippen molar-refractivity contribution in [2.24, 2.45) is 5.92 Å². The first-order valence-electron chi connectivity index (χ1n) is 7.50. The Bertz CT molecular complexity index is 522. The van der Waals surface area contributed by atoms with Gasteiger partial charge in [-0.2, -0.15) is 13.2 Å². The molecule has 0 spiro atoms. The van der Waals surface area contributed by atoms with Gasteiger partial charge in [0.15, 0.2) is 0 Å². The molecule has 0 radical (unpaired) electrons. The van der Waals surface area contributed by atoms with Crippen molar-refractivity contribution in [2.75, 3.05) is 18.4 Å². The van der Waals surface area contributed by atoms with Crippen LogP contribution in [0.2, 0.25) is 0 Å². The standard InChI is InChI=1S/C16H21F3N2O/c1-11-7-9-21(10-8-11)12(2)15(22)20-14-6-4-3-5-13(14)16(17,18)19/h3-6,11-12H,7-10H2,1-2H3,(H,20,22)/t12-/m1/s1. The van der Waals surface area contributed by atoms with Crippen molar-refractivity contribution in [3.05, 3.63) is 29.8 Å². The number of para-hydroxylation sites is 1. The van der Waals surface area contributed by atoms with Crippen LogP contribution in [0.3, 0.4) is 0 Å². The molecular formula is C16H21F3N2O. The maximum Gasteiger partial charge on any atom is 0.418 e. The Hall–Kier alpha value is -1.56. The normalized spacial score (nSPS) is 19.0. The molecule has 122 valence electrons. The first-order valence-corrected chi connectivity index (χ1v) is 7.50. The van der Waals surface area contributed by atoms with Gasteiger partial charge in [0.05, 0.1) is 17.3 Å². The number of piperidine rings is 1. The molecule has 1 aromatic carbocycles. The molecular weight excluding hydrogens is 293 g/mol. The van der Waals surface area contributed by atoms with E-state index in [4.69, 9.17) is 0 Å². The third-order valence-corrected chi connectivity index (χ3v) is 4.24. The van der Waals surface area contributed by atoms with Gasteiger partial charge in [0.25, 0.3) is 0 Å². The third kappa shape index (κ3) is 4.00. The maximum atomic E-state index is 12.9. The van der Waals surface area contributed by atoms with Gasteiger partial charge >= 0.3 is 6.18 Å². The van der Waals surface area contributed by atoms with E-state index in [9.17, 15) is 18.0 Å². The molecule has 1 amide bonds. The van der Waals surface area contributed by atoms with Crippen molar-refractivity contribution in [1.29, 1.82) is 0 Å². The minimum absolute atomic E-state index is 0.183. The Labute approximate surface area is 128 Å². The number of nitrogens with zero attached hydrogens (tertiary/aromatic N) is 1. The Morgan fingerprint density at radius 1 is 1.27 bits per heavy atom. The third-order valence-electron chi connectivity index (χ3n) is 4.24. The average Bonchev–Trinajstić information content (AvgIpc) is 2.46. The molecule has 1 fully saturated rings. The number of carbonyl (C=O) groups excluding carboxylic acids is 1. The second kappa shape index (κ2) is 6.69. The van der Waals surface area contributed by atoms with Gasteiger partial charge in [-0.15, -0.1) is 0 Å². The van der Waals surface area contributed by atoms with E-state index < -0.39 is 23.7 Å². The van der Waals surface area contributed by atoms with Crippen LogP contribution in [-0.2, 0) is 11.0 Å². The number of amides is 1. The van der Waals surface area contributed by atoms with Crippen LogP contribution < -0.4 is 5.32 Å². The number of carbonyl (C=O) groups is 1. The molecule has 22 heavy (non-hydrogen) atoms. The van der Waals surface area contributed by atoms with E-state index in [-0.39, 0.29) is 5.69 Å². The molecule has 6 heteroatoms. The van der Waals surface area contributed by atoms with Crippen LogP contribution in [0.5, 0.6) is 0 Å². The number of likely N-dealkylation sites (tertiary alicyclic amines) is 1. The highest BCUT2D eigenvalue weighted by atomic mass is 19.4. The topological polar surface area (TPSA) is 32.3 Å². The second-order valence-corrected chi connectivity index (χ2v) is 5.93. The molecule has 1 aromatic rings. The number of hydrogen-bond acceptors (Lipinski definition) is 2. The zero-order chi connectivity index (χ0) is 16.3. The van der Waals surface area contributed by atoms with E-state index in [2.05, 4.69) is 12.2 Å². The van der Waals surface area contributed by atoms with E-state index in [0.717, 1.165) is 32.0 Å². The Kier molecular flexibility index (Phi) is 5.11. The van der Waals surface area contributed by atoms with E-state index in [1.165, 1.54) is 18.2 Å². The molecule has 3 nitrogen and oxygen atoms in total. The van der Waals surface area contributed by atoms with Crippen LogP contribution >= 0.6 is 0 Å². The van der Waals surface area contributed by atoms with Crippen molar-refractivity contribution in [2.45, 2.75) is 38.9 Å². The monoisotopic (exact) mass is 314 g/mol. The zero-order valence-electron chi connectivity index (χ0n) is 12.8. The molecule has 0 bridgehead atoms. The largest absolute Gasteiger partial charge is 0.418 e. The number of benzene rings is 1. The number of rotatable bonds is 3. The SMILES string of the molecule is CC1CCN([C@H](C)C(=O)Nc2ccccc2C(F)(F)F)CC1. The summed E-state index contributed by atoms with van der Waals surface area (Å²) in [6, 6.07) is 4.62. The van der Waals surface area contributed by atoms with E-state index in [1.807, 2.05) is 4.90 Å². The van der Waals surface area contributed by atoms with Gasteiger partial charge in [-0.25, -0.2) is 0 Å². The van der Waals surface area contributed by atoms with Gasteiger partial charge < -0.3 is 5.32 Å². The molecule has 1 saturated heterocycles. The predicted octanol–water partition coefficient (Wildman–Crippen LogP) is 3.76. The van der Waals surface area contributed by atoms with Gasteiger partial charge in [0.1, 0.15) is 0 Å². The lowest BCUT2D eigenvalue weighted by atomic mass is 9.98. The van der Waals surface area contributed by atoms with Crippen LogP contribution in [0, 0.1) is 5.92 Å². The molecule has 0 unspecified atom stereocenters. The Morgan fingerprint density at radius 2 is 1.86 bits per heavy atom. The second-order valence-electron chi connectivity index (χ2n) is 5.93. The average molecular weight is 314 g/mol. The highest BCUT2D eigenvalue weighted by Crippen LogP contribution is 2.34. The summed E-state index contributed by atoms with van der Waals surface area (Å²) < 4.78 is 38.8. The summed E-state index contributed by atoms with van der Waals surface area (Å²) in [6.07, 6.45) is -2.46. The molecule has 1 N–H and O–H groups in total. The number of halogens is 3. The highest BCUT2D eigenvalue weighted by Gasteiger charge is 2.34. The van der Waals surface area contributed by atoms with Gasteiger partial charge in [0.2, 0.25) is 5.91 Å². The number of nitrogens with one attached hydrogen (secondary N) is 1. The predicted molar refractivity (Wildman–Crippen MR) is 79.5 cm³/mol. The molecule has 2 rings (SSSR count). The summed E-state index contributed by atoms with van der Waals surface area (Å²) in [6.45, 7) is 5.51. The van der Waals surface area contributed by atoms with Gasteiger partial charge in [-0.05, 0) is 50.9 Å². The summed E-state index contributed by atoms with van der Waals surface area (Å²) in [5.74, 6) is 0.240. The van der Waals surface area contributed by atoms with Crippen molar-refractivity contribution in [1.82, 2.24) is 4.90 Å². The molecule has 1 aliphatic rings. The Morgan fingerprint density at radius 3 is 2.45 bits per heavy atom. The van der Waals surface area contributed by atoms with Crippen LogP contribution in [0.15, 0.2) is 24.3 Å². The molecule has 0 saturated carbocycles. The first-order chi connectivity index (χ1) is 10.3. The van der Waals surface area contributed by atoms with Crippen LogP contribution in [0.4, 0.5) is 18.9 Å². The van der Waals surface area contributed by atoms with E-state index in [1.54, 1.807) is 6.92 Å². The zero-order valence-corrected chi connectivity index (χ0v) is 12.8. The summed E-state index contributed by atoms with van der Waals surface area (Å²) >= 11 is 0. The molecule has 0 aliphatic carbocycles. The lowest BCUT2D eigenvalue weighted by molar-refractivity contribution is -0.137. The molecule has 1 aliphatic heterocycles. The van der Waals surface area contributed by atoms with E-state index in [0.29, 0.717) is 5.92 Å². The highest BCUT2D eigenvalue weighted by molar-refractivity contribution is 5.95. The fourth-order valence-corrected chi connectivity index (χ4v) is 2.66. The Balaban J connectivity index is 2.06. The van der Waals surface area contributed by atoms with Gasteiger partial charge in [0, 0.05) is 0 Å². The summed E-state index contributed by atoms with van der Waals surface area (Å²) in [5.41, 5.74) is -1.000. The summed E-state index contributed by atoms with van der Waals surface area (Å²) in [7, 11) is 0. The van der Waals surface area contributed by atoms with Crippen LogP contribution in [-0.4, -0.2) is 29.9 Å². The minimum Gasteiger partial charge on any atom is -0.324 e. The molecule has 1 heterocycles. The summed E-state index contributed by atoms with van der Waals surface area (Å²) in [5, 5.41) is 2.42. The maximum absolute atomic E-state index is 12.9. The minimum atomic E-state index is -4.48. The van der Waals surface area contributed by atoms with Crippen molar-refractivity contribution in [3.8, 4) is 0 Å². The van der Waals surface area contributed by atoms with Crippen molar-refractivity contribution < 1.29 is 18.0 Å². The molecule has 0 aromatic heterocycles. The number of anilines is 1. The fraction of sp³-hybridized carbons (Fsp3) is 0.562. The lowest BCUT2D eigenvalue weighted by Gasteiger charge is -2.34. The molecule has 1 atom stereocenters. The van der Waals surface area contributed by atoms with Crippen LogP contribution in [0.25, 0.3) is 0 Å². The van der Waals surface area contributed by atoms with Crippen LogP contribution in [0.1, 0.15) is 32.3 Å². The van der Waals surface area contributed by atoms with E-state index >= 15 is 0 Å². The quantitative estimate of drug-likeness (QED) is 0.921. The fourth-order valence-electron chi connectivity index (χ4n) is 2.66.